The summed E-state index contributed by atoms with van der Waals surface area (Å²) in [6.45, 7) is 34.1. The Balaban J connectivity index is 1.13. The Labute approximate surface area is 501 Å². The summed E-state index contributed by atoms with van der Waals surface area (Å²) in [6.07, 6.45) is 9.42. The minimum atomic E-state index is -0.221. The summed E-state index contributed by atoms with van der Waals surface area (Å²) in [4.78, 5) is 7.94. The smallest absolute Gasteiger partial charge is 0.297 e. The number of benzene rings is 8. The van der Waals surface area contributed by atoms with Gasteiger partial charge in [0.1, 0.15) is 5.58 Å². The fourth-order valence-electron chi connectivity index (χ4n) is 16.9. The van der Waals surface area contributed by atoms with E-state index in [1.54, 1.807) is 0 Å². The topological polar surface area (TPSA) is 22.9 Å². The second kappa shape index (κ2) is 17.9. The van der Waals surface area contributed by atoms with Gasteiger partial charge in [0.15, 0.2) is 0 Å². The molecule has 2 aliphatic heterocycles. The Bertz CT molecular complexity index is 4200. The highest BCUT2D eigenvalue weighted by molar-refractivity contribution is 7.00. The minimum absolute atomic E-state index is 0.00662. The number of hydrogen-bond donors (Lipinski definition) is 0. The summed E-state index contributed by atoms with van der Waals surface area (Å²) in [5.41, 5.74) is 29.2. The van der Waals surface area contributed by atoms with Crippen LogP contribution >= 0.6 is 0 Å². The monoisotopic (exact) mass is 1100 g/mol. The molecular formula is C79H84BN3O. The molecular weight excluding hydrogens is 1020 g/mol. The van der Waals surface area contributed by atoms with Crippen molar-refractivity contribution in [2.24, 2.45) is 0 Å². The molecule has 1 aromatic heterocycles. The van der Waals surface area contributed by atoms with Crippen LogP contribution in [-0.2, 0) is 37.9 Å². The van der Waals surface area contributed by atoms with Gasteiger partial charge < -0.3 is 19.1 Å². The molecule has 0 unspecified atom stereocenters. The molecule has 0 N–H and O–H groups in total. The molecule has 0 spiro atoms. The van der Waals surface area contributed by atoms with E-state index in [0.29, 0.717) is 0 Å². The Morgan fingerprint density at radius 2 is 1.05 bits per heavy atom. The van der Waals surface area contributed by atoms with Crippen LogP contribution < -0.4 is 31.3 Å². The maximum absolute atomic E-state index is 7.93. The van der Waals surface area contributed by atoms with Gasteiger partial charge in [0.05, 0.1) is 22.7 Å². The number of rotatable bonds is 6. The number of anilines is 9. The normalized spacial score (nSPS) is 21.7. The van der Waals surface area contributed by atoms with E-state index in [-0.39, 0.29) is 44.6 Å². The summed E-state index contributed by atoms with van der Waals surface area (Å²) in [6, 6.07) is 61.8. The Morgan fingerprint density at radius 1 is 0.476 bits per heavy atom. The van der Waals surface area contributed by atoms with Crippen molar-refractivity contribution in [3.05, 3.63) is 202 Å². The lowest BCUT2D eigenvalue weighted by Gasteiger charge is -2.52. The summed E-state index contributed by atoms with van der Waals surface area (Å²) in [7, 11) is 0. The van der Waals surface area contributed by atoms with Crippen molar-refractivity contribution in [2.75, 3.05) is 14.7 Å². The maximum atomic E-state index is 7.93. The Hall–Kier alpha value is -7.24. The number of para-hydroxylation sites is 2. The second-order valence-corrected chi connectivity index (χ2v) is 30.8. The molecule has 1 fully saturated rings. The van der Waals surface area contributed by atoms with Crippen LogP contribution in [0.25, 0.3) is 22.1 Å². The van der Waals surface area contributed by atoms with Gasteiger partial charge in [-0.25, -0.2) is 0 Å². The fraction of sp³-hybridized carbons (Fsp3) is 0.367. The molecule has 0 amide bonds. The average Bonchev–Trinajstić information content (AvgIpc) is 1.27. The van der Waals surface area contributed by atoms with Crippen LogP contribution in [0.3, 0.4) is 0 Å². The molecule has 0 saturated heterocycles. The van der Waals surface area contributed by atoms with Crippen molar-refractivity contribution in [1.29, 1.82) is 0 Å². The zero-order valence-electron chi connectivity index (χ0n) is 52.5. The molecule has 1 saturated carbocycles. The lowest BCUT2D eigenvalue weighted by molar-refractivity contribution is 0.188. The van der Waals surface area contributed by atoms with Crippen molar-refractivity contribution in [1.82, 2.24) is 0 Å². The molecule has 5 heteroatoms. The van der Waals surface area contributed by atoms with Crippen LogP contribution in [0.1, 0.15) is 186 Å². The zero-order valence-corrected chi connectivity index (χ0v) is 52.5. The van der Waals surface area contributed by atoms with Crippen molar-refractivity contribution in [2.45, 2.75) is 186 Å². The highest BCUT2D eigenvalue weighted by atomic mass is 16.3. The van der Waals surface area contributed by atoms with Crippen LogP contribution in [0.5, 0.6) is 0 Å². The summed E-state index contributed by atoms with van der Waals surface area (Å²) >= 11 is 0. The first-order chi connectivity index (χ1) is 39.9. The van der Waals surface area contributed by atoms with E-state index in [2.05, 4.69) is 269 Å². The molecule has 16 rings (SSSR count). The van der Waals surface area contributed by atoms with E-state index in [1.165, 1.54) is 132 Å². The van der Waals surface area contributed by atoms with Gasteiger partial charge in [-0.05, 0) is 224 Å². The van der Waals surface area contributed by atoms with Gasteiger partial charge in [-0.2, -0.15) is 0 Å². The maximum Gasteiger partial charge on any atom is 0.297 e. The van der Waals surface area contributed by atoms with Crippen LogP contribution in [0.15, 0.2) is 162 Å². The third-order valence-electron chi connectivity index (χ3n) is 22.4. The van der Waals surface area contributed by atoms with Crippen LogP contribution in [0.4, 0.5) is 51.2 Å². The third kappa shape index (κ3) is 7.77. The molecule has 84 heavy (non-hydrogen) atoms. The van der Waals surface area contributed by atoms with Crippen molar-refractivity contribution < 1.29 is 4.42 Å². The third-order valence-corrected chi connectivity index (χ3v) is 22.4. The number of fused-ring (bicyclic) bond motifs is 10. The van der Waals surface area contributed by atoms with Crippen LogP contribution in [0.2, 0.25) is 0 Å². The van der Waals surface area contributed by atoms with Crippen LogP contribution in [0, 0.1) is 6.92 Å². The first kappa shape index (κ1) is 53.5. The average molecular weight is 1100 g/mol. The molecule has 0 atom stereocenters. The summed E-state index contributed by atoms with van der Waals surface area (Å²) in [5.74, 6) is 0. The van der Waals surface area contributed by atoms with Crippen molar-refractivity contribution in [3.8, 4) is 11.1 Å². The lowest BCUT2D eigenvalue weighted by atomic mass is 9.35. The number of hydrogen-bond acceptors (Lipinski definition) is 4. The highest BCUT2D eigenvalue weighted by Gasteiger charge is 2.52. The molecule has 7 aliphatic rings. The molecule has 2 bridgehead atoms. The van der Waals surface area contributed by atoms with E-state index in [4.69, 9.17) is 4.42 Å². The molecule has 4 nitrogen and oxygen atoms in total. The second-order valence-electron chi connectivity index (χ2n) is 30.8. The Kier molecular flexibility index (Phi) is 11.4. The van der Waals surface area contributed by atoms with Gasteiger partial charge in [-0.15, -0.1) is 0 Å². The first-order valence-corrected chi connectivity index (χ1v) is 31.7. The van der Waals surface area contributed by atoms with Gasteiger partial charge in [0.25, 0.3) is 6.71 Å². The predicted octanol–water partition coefficient (Wildman–Crippen LogP) is 20.1. The minimum Gasteiger partial charge on any atom is -0.468 e. The molecule has 5 aliphatic carbocycles. The number of aryl methyl sites for hydroxylation is 1. The lowest BCUT2D eigenvalue weighted by Crippen LogP contribution is -2.61. The van der Waals surface area contributed by atoms with Crippen LogP contribution in [-0.4, -0.2) is 6.71 Å². The predicted molar refractivity (Wildman–Crippen MR) is 358 cm³/mol. The largest absolute Gasteiger partial charge is 0.468 e. The quantitative estimate of drug-likeness (QED) is 0.155. The first-order valence-electron chi connectivity index (χ1n) is 31.7. The highest BCUT2D eigenvalue weighted by Crippen LogP contribution is 2.60. The van der Waals surface area contributed by atoms with E-state index < -0.39 is 0 Å². The van der Waals surface area contributed by atoms with Crippen molar-refractivity contribution in [3.63, 3.8) is 0 Å². The molecule has 0 radical (unpaired) electrons. The standard InChI is InChI=1S/C79H84BN3O/c1-49-23-21-22-28-62(49)81(52-26-19-16-20-27-52)54-45-65-70-66(46-54)83(64-34-32-57-69(68(64)50-24-17-15-18-25-50)77(11,12)38-37-75(57,7)8)63-33-29-51(73(2,3)4)43-61(63)80(70)72-71(82(65)53-30-31-56-58(44-53)76(9,10)36-35-74(56,5)6)55-47-59-60(48-67(55)84-72)79(14)41-39-78(59,13)40-42-79/h15-34,43-48H,35-42H2,1-14H3. The molecule has 424 valence electrons. The van der Waals surface area contributed by atoms with E-state index in [0.717, 1.165) is 54.0 Å². The van der Waals surface area contributed by atoms with Gasteiger partial charge in [-0.3, -0.25) is 0 Å². The van der Waals surface area contributed by atoms with E-state index >= 15 is 0 Å². The molecule has 3 heterocycles. The van der Waals surface area contributed by atoms with Gasteiger partial charge >= 0.3 is 0 Å². The Morgan fingerprint density at radius 3 is 1.71 bits per heavy atom. The van der Waals surface area contributed by atoms with Gasteiger partial charge in [0, 0.05) is 45.1 Å². The van der Waals surface area contributed by atoms with Crippen molar-refractivity contribution >= 4 is 85.5 Å². The van der Waals surface area contributed by atoms with Gasteiger partial charge in [0.2, 0.25) is 0 Å². The number of nitrogens with zero attached hydrogens (tertiary/aromatic N) is 3. The van der Waals surface area contributed by atoms with Gasteiger partial charge in [-0.1, -0.05) is 181 Å². The molecule has 8 aromatic carbocycles. The van der Waals surface area contributed by atoms with E-state index in [9.17, 15) is 0 Å². The van der Waals surface area contributed by atoms with E-state index in [1.807, 2.05) is 0 Å². The summed E-state index contributed by atoms with van der Waals surface area (Å²) < 4.78 is 7.93. The number of furan rings is 1. The summed E-state index contributed by atoms with van der Waals surface area (Å²) in [5, 5.41) is 1.22. The zero-order chi connectivity index (χ0) is 58.4. The molecule has 9 aromatic rings. The fourth-order valence-corrected chi connectivity index (χ4v) is 16.9. The SMILES string of the molecule is Cc1ccccc1N(c1ccccc1)c1cc2c3c(c1)N(c1ccc4c(c1)C(C)(C)CCC4(C)C)c1c(oc4cc5c(cc14)C1(C)CCC5(C)CC1)B3c1cc(C(C)(C)C)ccc1N2c1ccc2c(c1-c1ccccc1)C(C)(C)CCC2(C)C.